The average molecular weight is 752 g/mol. The second-order valence-corrected chi connectivity index (χ2v) is 15.3. The van der Waals surface area contributed by atoms with E-state index in [-0.39, 0.29) is 22.6 Å². The number of para-hydroxylation sites is 2. The molecule has 6 aromatic rings. The molecule has 0 aliphatic carbocycles. The van der Waals surface area contributed by atoms with E-state index in [1.165, 1.54) is 0 Å². The first-order valence-corrected chi connectivity index (χ1v) is 19.4. The van der Waals surface area contributed by atoms with Crippen molar-refractivity contribution in [3.63, 3.8) is 0 Å². The van der Waals surface area contributed by atoms with E-state index in [1.54, 1.807) is 23.5 Å². The molecule has 8 rings (SSSR count). The van der Waals surface area contributed by atoms with E-state index in [2.05, 4.69) is 0 Å². The molecular formula is C39H32Cl2N6O2S2. The molecule has 2 saturated heterocycles. The van der Waals surface area contributed by atoms with Crippen LogP contribution in [0.25, 0.3) is 33.9 Å². The number of carbonyl (C=O) groups excluding carboxylic acids is 2. The third-order valence-corrected chi connectivity index (χ3v) is 12.0. The molecule has 0 saturated carbocycles. The van der Waals surface area contributed by atoms with E-state index in [0.717, 1.165) is 45.0 Å². The van der Waals surface area contributed by atoms with Crippen LogP contribution in [0.15, 0.2) is 122 Å². The predicted molar refractivity (Wildman–Crippen MR) is 206 cm³/mol. The predicted octanol–water partition coefficient (Wildman–Crippen LogP) is 8.94. The summed E-state index contributed by atoms with van der Waals surface area (Å²) in [4.78, 5) is 30.7. The average Bonchev–Trinajstić information content (AvgIpc) is 3.96. The van der Waals surface area contributed by atoms with Crippen LogP contribution in [0.3, 0.4) is 0 Å². The molecular weight excluding hydrogens is 720 g/mol. The Kier molecular flexibility index (Phi) is 9.66. The van der Waals surface area contributed by atoms with Crippen LogP contribution in [0.2, 0.25) is 10.0 Å². The van der Waals surface area contributed by atoms with Crippen LogP contribution in [0.5, 0.6) is 0 Å². The maximum absolute atomic E-state index is 13.4. The van der Waals surface area contributed by atoms with Crippen LogP contribution >= 0.6 is 46.7 Å². The van der Waals surface area contributed by atoms with Crippen LogP contribution < -0.4 is 0 Å². The zero-order chi connectivity index (χ0) is 34.9. The lowest BCUT2D eigenvalue weighted by molar-refractivity contribution is -0.128. The molecule has 256 valence electrons. The second kappa shape index (κ2) is 14.6. The van der Waals surface area contributed by atoms with Gasteiger partial charge in [-0.3, -0.25) is 9.59 Å². The lowest BCUT2D eigenvalue weighted by atomic mass is 10.1. The van der Waals surface area contributed by atoms with Gasteiger partial charge in [-0.25, -0.2) is 9.36 Å². The Labute approximate surface area is 314 Å². The molecule has 0 unspecified atom stereocenters. The van der Waals surface area contributed by atoms with Crippen LogP contribution in [0.4, 0.5) is 0 Å². The first kappa shape index (κ1) is 33.7. The standard InChI is InChI=1S/C39H32Cl2N6O2S2/c40-28-16-12-26(13-17-28)36-32(22-46(42-36)30-8-3-1-4-9-30)38-44(34(48)24-50-38)20-7-21-45-35(49)25-51-39(45)33-23-47(31-10-5-2-6-11-31)43-37(33)27-14-18-29(41)19-15-27/h1-6,8-19,22-23,38-39H,7,20-21,24-25H2/t38-,39-/m1/s1. The first-order chi connectivity index (χ1) is 24.9. The Hall–Kier alpha value is -4.48. The number of aromatic nitrogens is 4. The van der Waals surface area contributed by atoms with Gasteiger partial charge < -0.3 is 9.80 Å². The highest BCUT2D eigenvalue weighted by Gasteiger charge is 2.38. The van der Waals surface area contributed by atoms with Gasteiger partial charge in [-0.15, -0.1) is 23.5 Å². The van der Waals surface area contributed by atoms with Crippen molar-refractivity contribution in [2.24, 2.45) is 0 Å². The fourth-order valence-electron chi connectivity index (χ4n) is 6.54. The number of benzene rings is 4. The maximum Gasteiger partial charge on any atom is 0.233 e. The molecule has 0 N–H and O–H groups in total. The molecule has 4 aromatic carbocycles. The van der Waals surface area contributed by atoms with Gasteiger partial charge in [-0.1, -0.05) is 83.9 Å². The zero-order valence-corrected chi connectivity index (χ0v) is 30.5. The molecule has 2 fully saturated rings. The van der Waals surface area contributed by atoms with Gasteiger partial charge in [0, 0.05) is 57.8 Å². The zero-order valence-electron chi connectivity index (χ0n) is 27.3. The monoisotopic (exact) mass is 750 g/mol. The van der Waals surface area contributed by atoms with E-state index in [1.807, 2.05) is 141 Å². The fourth-order valence-corrected chi connectivity index (χ4v) is 9.24. The van der Waals surface area contributed by atoms with Gasteiger partial charge in [0.1, 0.15) is 10.7 Å². The number of thioether (sulfide) groups is 2. The lowest BCUT2D eigenvalue weighted by Gasteiger charge is -2.27. The summed E-state index contributed by atoms with van der Waals surface area (Å²) in [5, 5.41) is 10.8. The Balaban J connectivity index is 1.06. The topological polar surface area (TPSA) is 76.3 Å². The summed E-state index contributed by atoms with van der Waals surface area (Å²) in [6.07, 6.45) is 4.68. The number of nitrogens with zero attached hydrogens (tertiary/aromatic N) is 6. The molecule has 2 atom stereocenters. The maximum atomic E-state index is 13.4. The third-order valence-electron chi connectivity index (χ3n) is 9.03. The summed E-state index contributed by atoms with van der Waals surface area (Å²) in [6, 6.07) is 35.2. The third kappa shape index (κ3) is 6.93. The summed E-state index contributed by atoms with van der Waals surface area (Å²) < 4.78 is 3.75. The molecule has 4 heterocycles. The van der Waals surface area contributed by atoms with Crippen molar-refractivity contribution < 1.29 is 9.59 Å². The normalized spacial score (nSPS) is 17.5. The van der Waals surface area contributed by atoms with Crippen LogP contribution in [0, 0.1) is 0 Å². The number of hydrogen-bond acceptors (Lipinski definition) is 6. The van der Waals surface area contributed by atoms with Crippen LogP contribution in [0.1, 0.15) is 28.3 Å². The fraction of sp³-hybridized carbons (Fsp3) is 0.179. The summed E-state index contributed by atoms with van der Waals surface area (Å²) in [5.41, 5.74) is 7.27. The summed E-state index contributed by atoms with van der Waals surface area (Å²) in [7, 11) is 0. The molecule has 0 spiro atoms. The Morgan fingerprint density at radius 1 is 0.569 bits per heavy atom. The van der Waals surface area contributed by atoms with E-state index in [4.69, 9.17) is 33.4 Å². The van der Waals surface area contributed by atoms with Crippen molar-refractivity contribution in [1.29, 1.82) is 0 Å². The highest BCUT2D eigenvalue weighted by molar-refractivity contribution is 8.00. The van der Waals surface area contributed by atoms with Crippen molar-refractivity contribution in [1.82, 2.24) is 29.4 Å². The van der Waals surface area contributed by atoms with Crippen molar-refractivity contribution in [3.05, 3.63) is 143 Å². The molecule has 2 aromatic heterocycles. The summed E-state index contributed by atoms with van der Waals surface area (Å²) in [6.45, 7) is 1.00. The largest absolute Gasteiger partial charge is 0.326 e. The number of amides is 2. The molecule has 51 heavy (non-hydrogen) atoms. The molecule has 0 bridgehead atoms. The second-order valence-electron chi connectivity index (χ2n) is 12.3. The van der Waals surface area contributed by atoms with Gasteiger partial charge in [-0.05, 0) is 55.0 Å². The smallest absolute Gasteiger partial charge is 0.233 e. The number of rotatable bonds is 10. The van der Waals surface area contributed by atoms with Gasteiger partial charge in [0.25, 0.3) is 0 Å². The molecule has 2 aliphatic heterocycles. The Bertz CT molecular complexity index is 2020. The number of carbonyl (C=O) groups is 2. The van der Waals surface area contributed by atoms with Gasteiger partial charge in [0.15, 0.2) is 0 Å². The highest BCUT2D eigenvalue weighted by Crippen LogP contribution is 2.45. The van der Waals surface area contributed by atoms with Crippen LogP contribution in [-0.2, 0) is 9.59 Å². The van der Waals surface area contributed by atoms with Crippen LogP contribution in [-0.4, -0.2) is 65.8 Å². The molecule has 8 nitrogen and oxygen atoms in total. The SMILES string of the molecule is O=C1CS[C@H](c2cn(-c3ccccc3)nc2-c2ccc(Cl)cc2)N1CCCN1C(=O)CS[C@@H]1c1cn(-c2ccccc2)nc1-c1ccc(Cl)cc1. The minimum absolute atomic E-state index is 0.0763. The molecule has 2 amide bonds. The number of hydrogen-bond donors (Lipinski definition) is 0. The molecule has 0 radical (unpaired) electrons. The van der Waals surface area contributed by atoms with Gasteiger partial charge >= 0.3 is 0 Å². The quantitative estimate of drug-likeness (QED) is 0.139. The summed E-state index contributed by atoms with van der Waals surface area (Å²) in [5.74, 6) is 0.913. The molecule has 2 aliphatic rings. The van der Waals surface area contributed by atoms with E-state index < -0.39 is 0 Å². The summed E-state index contributed by atoms with van der Waals surface area (Å²) >= 11 is 15.7. The van der Waals surface area contributed by atoms with Gasteiger partial charge in [-0.2, -0.15) is 10.2 Å². The van der Waals surface area contributed by atoms with Crippen molar-refractivity contribution in [2.75, 3.05) is 24.6 Å². The van der Waals surface area contributed by atoms with E-state index >= 15 is 0 Å². The van der Waals surface area contributed by atoms with Gasteiger partial charge in [0.05, 0.1) is 34.3 Å². The lowest BCUT2D eigenvalue weighted by Crippen LogP contribution is -2.34. The highest BCUT2D eigenvalue weighted by atomic mass is 35.5. The first-order valence-electron chi connectivity index (χ1n) is 16.6. The van der Waals surface area contributed by atoms with Crippen molar-refractivity contribution in [3.8, 4) is 33.9 Å². The van der Waals surface area contributed by atoms with Crippen molar-refractivity contribution >= 4 is 58.5 Å². The Morgan fingerprint density at radius 3 is 1.35 bits per heavy atom. The van der Waals surface area contributed by atoms with Crippen molar-refractivity contribution in [2.45, 2.75) is 17.2 Å². The van der Waals surface area contributed by atoms with E-state index in [0.29, 0.717) is 41.1 Å². The van der Waals surface area contributed by atoms with E-state index in [9.17, 15) is 9.59 Å². The molecule has 12 heteroatoms. The number of halogens is 2. The van der Waals surface area contributed by atoms with Gasteiger partial charge in [0.2, 0.25) is 11.8 Å². The minimum Gasteiger partial charge on any atom is -0.326 e. The minimum atomic E-state index is -0.222. The Morgan fingerprint density at radius 2 is 0.961 bits per heavy atom.